The van der Waals surface area contributed by atoms with Crippen LogP contribution in [0.5, 0.6) is 5.75 Å². The second-order valence-corrected chi connectivity index (χ2v) is 8.19. The fraction of sp³-hybridized carbons (Fsp3) is 0.550. The summed E-state index contributed by atoms with van der Waals surface area (Å²) >= 11 is 1.60. The van der Waals surface area contributed by atoms with Gasteiger partial charge in [0.2, 0.25) is 11.8 Å². The molecule has 0 unspecified atom stereocenters. The van der Waals surface area contributed by atoms with Crippen molar-refractivity contribution in [3.05, 3.63) is 29.3 Å². The maximum Gasteiger partial charge on any atom is 0.312 e. The molecular weight excluding hydrogens is 392 g/mol. The molecule has 1 fully saturated rings. The van der Waals surface area contributed by atoms with E-state index in [4.69, 9.17) is 5.73 Å². The van der Waals surface area contributed by atoms with Gasteiger partial charge in [-0.25, -0.2) is 4.79 Å². The molecule has 1 aromatic rings. The molecule has 0 aliphatic carbocycles. The van der Waals surface area contributed by atoms with E-state index in [9.17, 15) is 19.5 Å². The quantitative estimate of drug-likeness (QED) is 0.608. The number of nitrogens with two attached hydrogens (primary N) is 1. The number of nitrogens with one attached hydrogen (secondary N) is 1. The first kappa shape index (κ1) is 22.9. The van der Waals surface area contributed by atoms with Crippen LogP contribution in [0.2, 0.25) is 0 Å². The first-order chi connectivity index (χ1) is 13.8. The highest BCUT2D eigenvalue weighted by molar-refractivity contribution is 7.98. The summed E-state index contributed by atoms with van der Waals surface area (Å²) in [6, 6.07) is 3.90. The molecule has 160 valence electrons. The van der Waals surface area contributed by atoms with Gasteiger partial charge in [-0.1, -0.05) is 12.1 Å². The molecule has 2 rings (SSSR count). The lowest BCUT2D eigenvalue weighted by molar-refractivity contribution is -0.134. The van der Waals surface area contributed by atoms with Crippen LogP contribution in [0.1, 0.15) is 24.0 Å². The van der Waals surface area contributed by atoms with Crippen LogP contribution in [-0.2, 0) is 16.0 Å². The van der Waals surface area contributed by atoms with Gasteiger partial charge in [-0.3, -0.25) is 9.59 Å². The summed E-state index contributed by atoms with van der Waals surface area (Å²) in [5.41, 5.74) is 6.75. The molecule has 0 bridgehead atoms. The summed E-state index contributed by atoms with van der Waals surface area (Å²) in [4.78, 5) is 40.2. The smallest absolute Gasteiger partial charge is 0.312 e. The van der Waals surface area contributed by atoms with Crippen LogP contribution in [0.4, 0.5) is 4.79 Å². The monoisotopic (exact) mass is 422 g/mol. The Morgan fingerprint density at radius 1 is 1.21 bits per heavy atom. The molecule has 1 aliphatic heterocycles. The van der Waals surface area contributed by atoms with Crippen molar-refractivity contribution in [2.75, 3.05) is 38.2 Å². The van der Waals surface area contributed by atoms with Crippen LogP contribution in [0.15, 0.2) is 18.2 Å². The summed E-state index contributed by atoms with van der Waals surface area (Å²) in [5.74, 6) is 0.729. The number of hydrogen-bond acceptors (Lipinski definition) is 5. The number of benzene rings is 1. The molecule has 0 radical (unpaired) electrons. The zero-order valence-corrected chi connectivity index (χ0v) is 17.8. The lowest BCUT2D eigenvalue weighted by Crippen LogP contribution is -2.51. The molecule has 1 aromatic carbocycles. The number of hydrogen-bond donors (Lipinski definition) is 3. The van der Waals surface area contributed by atoms with E-state index in [0.29, 0.717) is 39.0 Å². The fourth-order valence-electron chi connectivity index (χ4n) is 3.32. The standard InChI is InChI=1S/C20H30N4O4S/c1-14-4-5-15(12-17(14)25)13-18(26)23-7-3-8-24(10-9-23)19(27)16(6-11-29-2)22-20(21)28/h4-5,12,16,25H,3,6-11,13H2,1-2H3,(H3,21,22,28)/t16-/m0/s1. The number of aromatic hydroxyl groups is 1. The molecule has 0 saturated carbocycles. The number of rotatable bonds is 7. The Balaban J connectivity index is 1.95. The Morgan fingerprint density at radius 3 is 2.55 bits per heavy atom. The number of nitrogens with zero attached hydrogens (tertiary/aromatic N) is 2. The number of aryl methyl sites for hydroxylation is 1. The topological polar surface area (TPSA) is 116 Å². The van der Waals surface area contributed by atoms with Crippen molar-refractivity contribution in [2.45, 2.75) is 32.2 Å². The Morgan fingerprint density at radius 2 is 1.90 bits per heavy atom. The van der Waals surface area contributed by atoms with Gasteiger partial charge in [-0.15, -0.1) is 0 Å². The number of phenolic OH excluding ortho intramolecular Hbond substituents is 1. The first-order valence-electron chi connectivity index (χ1n) is 9.71. The van der Waals surface area contributed by atoms with Gasteiger partial charge in [0.25, 0.3) is 0 Å². The molecule has 9 heteroatoms. The molecule has 1 heterocycles. The number of carbonyl (C=O) groups excluding carboxylic acids is 3. The number of carbonyl (C=O) groups is 3. The number of phenols is 1. The minimum absolute atomic E-state index is 0.0308. The average Bonchev–Trinajstić information content (AvgIpc) is 2.93. The van der Waals surface area contributed by atoms with Crippen molar-refractivity contribution in [3.8, 4) is 5.75 Å². The molecule has 4 amide bonds. The third-order valence-electron chi connectivity index (χ3n) is 5.01. The zero-order valence-electron chi connectivity index (χ0n) is 17.0. The van der Waals surface area contributed by atoms with E-state index in [1.165, 1.54) is 0 Å². The Bertz CT molecular complexity index is 743. The summed E-state index contributed by atoms with van der Waals surface area (Å²) in [7, 11) is 0. The van der Waals surface area contributed by atoms with Crippen LogP contribution in [-0.4, -0.2) is 77.0 Å². The maximum atomic E-state index is 12.8. The minimum atomic E-state index is -0.711. The van der Waals surface area contributed by atoms with E-state index < -0.39 is 12.1 Å². The molecule has 29 heavy (non-hydrogen) atoms. The largest absolute Gasteiger partial charge is 0.508 e. The molecule has 1 aliphatic rings. The predicted molar refractivity (Wildman–Crippen MR) is 114 cm³/mol. The van der Waals surface area contributed by atoms with Gasteiger partial charge in [0.15, 0.2) is 0 Å². The van der Waals surface area contributed by atoms with Gasteiger partial charge in [-0.2, -0.15) is 11.8 Å². The van der Waals surface area contributed by atoms with Gasteiger partial charge < -0.3 is 26.0 Å². The maximum absolute atomic E-state index is 12.8. The van der Waals surface area contributed by atoms with E-state index in [0.717, 1.165) is 16.9 Å². The van der Waals surface area contributed by atoms with E-state index in [1.54, 1.807) is 40.6 Å². The van der Waals surface area contributed by atoms with Gasteiger partial charge >= 0.3 is 6.03 Å². The zero-order chi connectivity index (χ0) is 21.4. The third kappa shape index (κ3) is 6.85. The molecule has 0 spiro atoms. The van der Waals surface area contributed by atoms with Gasteiger partial charge in [-0.05, 0) is 49.0 Å². The van der Waals surface area contributed by atoms with Crippen molar-refractivity contribution in [3.63, 3.8) is 0 Å². The van der Waals surface area contributed by atoms with E-state index in [2.05, 4.69) is 5.32 Å². The second kappa shape index (κ2) is 10.9. The van der Waals surface area contributed by atoms with Gasteiger partial charge in [0, 0.05) is 26.2 Å². The van der Waals surface area contributed by atoms with E-state index >= 15 is 0 Å². The van der Waals surface area contributed by atoms with Crippen LogP contribution in [0, 0.1) is 6.92 Å². The summed E-state index contributed by atoms with van der Waals surface area (Å²) in [6.07, 6.45) is 3.33. The van der Waals surface area contributed by atoms with Crippen molar-refractivity contribution in [1.29, 1.82) is 0 Å². The number of thioether (sulfide) groups is 1. The summed E-state index contributed by atoms with van der Waals surface area (Å²) in [5, 5.41) is 12.4. The summed E-state index contributed by atoms with van der Waals surface area (Å²) < 4.78 is 0. The SMILES string of the molecule is CSCC[C@H](NC(N)=O)C(=O)N1CCCN(C(=O)Cc2ccc(C)c(O)c2)CC1. The highest BCUT2D eigenvalue weighted by Gasteiger charge is 2.28. The van der Waals surface area contributed by atoms with Crippen molar-refractivity contribution >= 4 is 29.6 Å². The van der Waals surface area contributed by atoms with Crippen molar-refractivity contribution in [2.24, 2.45) is 5.73 Å². The first-order valence-corrected chi connectivity index (χ1v) is 11.1. The molecule has 1 saturated heterocycles. The van der Waals surface area contributed by atoms with E-state index in [-0.39, 0.29) is 24.0 Å². The average molecular weight is 423 g/mol. The highest BCUT2D eigenvalue weighted by atomic mass is 32.2. The molecule has 1 atom stereocenters. The van der Waals surface area contributed by atoms with Crippen LogP contribution in [0.25, 0.3) is 0 Å². The van der Waals surface area contributed by atoms with Crippen LogP contribution >= 0.6 is 11.8 Å². The minimum Gasteiger partial charge on any atom is -0.508 e. The Labute approximate surface area is 175 Å². The van der Waals surface area contributed by atoms with Gasteiger partial charge in [0.05, 0.1) is 6.42 Å². The van der Waals surface area contributed by atoms with Gasteiger partial charge in [0.1, 0.15) is 11.8 Å². The molecular formula is C20H30N4O4S. The highest BCUT2D eigenvalue weighted by Crippen LogP contribution is 2.18. The molecule has 4 N–H and O–H groups in total. The Kier molecular flexibility index (Phi) is 8.63. The predicted octanol–water partition coefficient (Wildman–Crippen LogP) is 1.09. The van der Waals surface area contributed by atoms with Crippen LogP contribution < -0.4 is 11.1 Å². The van der Waals surface area contributed by atoms with E-state index in [1.807, 2.05) is 12.3 Å². The third-order valence-corrected chi connectivity index (χ3v) is 5.66. The van der Waals surface area contributed by atoms with Crippen molar-refractivity contribution < 1.29 is 19.5 Å². The lowest BCUT2D eigenvalue weighted by Gasteiger charge is -2.26. The number of amides is 4. The van der Waals surface area contributed by atoms with Crippen molar-refractivity contribution in [1.82, 2.24) is 15.1 Å². The molecule has 8 nitrogen and oxygen atoms in total. The number of primary amides is 1. The summed E-state index contributed by atoms with van der Waals surface area (Å²) in [6.45, 7) is 3.76. The Hall–Kier alpha value is -2.42. The lowest BCUT2D eigenvalue weighted by atomic mass is 10.1. The number of urea groups is 1. The van der Waals surface area contributed by atoms with Crippen LogP contribution in [0.3, 0.4) is 0 Å². The molecule has 0 aromatic heterocycles. The fourth-order valence-corrected chi connectivity index (χ4v) is 3.80. The second-order valence-electron chi connectivity index (χ2n) is 7.20. The normalized spacial score (nSPS) is 15.5.